The van der Waals surface area contributed by atoms with Gasteiger partial charge in [0.15, 0.2) is 12.4 Å². The maximum Gasteiger partial charge on any atom is 0.271 e. The van der Waals surface area contributed by atoms with Gasteiger partial charge in [-0.15, -0.1) is 0 Å². The van der Waals surface area contributed by atoms with E-state index < -0.39 is 0 Å². The van der Waals surface area contributed by atoms with Crippen LogP contribution in [0.4, 0.5) is 0 Å². The number of hydrazone groups is 1. The number of amides is 1. The van der Waals surface area contributed by atoms with Crippen molar-refractivity contribution in [3.05, 3.63) is 107 Å². The average molecular weight is 317 g/mol. The standard InChI is InChI=1S/C19H15N3O2/c23-19(17-11-13-22(24)14-12-17)21-20-18(15-7-3-1-4-8-15)16-9-5-2-6-10-16/h1-14H,(H,21,23). The second-order valence-corrected chi connectivity index (χ2v) is 5.08. The van der Waals surface area contributed by atoms with Gasteiger partial charge in [-0.1, -0.05) is 60.7 Å². The van der Waals surface area contributed by atoms with Crippen molar-refractivity contribution < 1.29 is 9.52 Å². The largest absolute Gasteiger partial charge is 0.619 e. The third-order valence-electron chi connectivity index (χ3n) is 3.43. The molecule has 0 atom stereocenters. The van der Waals surface area contributed by atoms with E-state index in [1.807, 2.05) is 60.7 Å². The first-order valence-corrected chi connectivity index (χ1v) is 7.42. The van der Waals surface area contributed by atoms with E-state index in [2.05, 4.69) is 10.5 Å². The molecular weight excluding hydrogens is 302 g/mol. The van der Waals surface area contributed by atoms with Crippen molar-refractivity contribution in [3.8, 4) is 0 Å². The minimum Gasteiger partial charge on any atom is -0.619 e. The lowest BCUT2D eigenvalue weighted by Crippen LogP contribution is -2.26. The third-order valence-corrected chi connectivity index (χ3v) is 3.43. The van der Waals surface area contributed by atoms with Crippen LogP contribution in [0.15, 0.2) is 90.3 Å². The predicted octanol–water partition coefficient (Wildman–Crippen LogP) is 2.50. The molecule has 118 valence electrons. The van der Waals surface area contributed by atoms with Crippen LogP contribution in [0, 0.1) is 5.21 Å². The van der Waals surface area contributed by atoms with E-state index in [0.29, 0.717) is 16.0 Å². The van der Waals surface area contributed by atoms with Gasteiger partial charge in [-0.25, -0.2) is 5.43 Å². The highest BCUT2D eigenvalue weighted by atomic mass is 16.5. The van der Waals surface area contributed by atoms with Crippen LogP contribution in [0.25, 0.3) is 0 Å². The lowest BCUT2D eigenvalue weighted by Gasteiger charge is -2.08. The van der Waals surface area contributed by atoms with E-state index in [9.17, 15) is 10.0 Å². The maximum absolute atomic E-state index is 12.2. The highest BCUT2D eigenvalue weighted by molar-refractivity contribution is 6.13. The van der Waals surface area contributed by atoms with Crippen molar-refractivity contribution in [1.82, 2.24) is 5.43 Å². The Kier molecular flexibility index (Phi) is 4.62. The summed E-state index contributed by atoms with van der Waals surface area (Å²) in [6.45, 7) is 0. The summed E-state index contributed by atoms with van der Waals surface area (Å²) in [4.78, 5) is 12.2. The molecule has 0 aliphatic rings. The predicted molar refractivity (Wildman–Crippen MR) is 91.4 cm³/mol. The molecule has 0 fully saturated rings. The minimum atomic E-state index is -0.375. The number of pyridine rings is 1. The topological polar surface area (TPSA) is 68.4 Å². The van der Waals surface area contributed by atoms with Crippen molar-refractivity contribution in [2.45, 2.75) is 0 Å². The van der Waals surface area contributed by atoms with Crippen molar-refractivity contribution in [3.63, 3.8) is 0 Å². The molecule has 0 saturated carbocycles. The molecule has 1 heterocycles. The van der Waals surface area contributed by atoms with Gasteiger partial charge in [0, 0.05) is 23.3 Å². The fourth-order valence-electron chi connectivity index (χ4n) is 2.22. The zero-order valence-electron chi connectivity index (χ0n) is 12.8. The molecule has 0 aliphatic heterocycles. The number of hydrogen-bond donors (Lipinski definition) is 1. The Balaban J connectivity index is 1.90. The van der Waals surface area contributed by atoms with Gasteiger partial charge in [-0.3, -0.25) is 4.79 Å². The number of benzene rings is 2. The Bertz CT molecular complexity index is 803. The second kappa shape index (κ2) is 7.19. The van der Waals surface area contributed by atoms with Crippen molar-refractivity contribution in [1.29, 1.82) is 0 Å². The lowest BCUT2D eigenvalue weighted by molar-refractivity contribution is -0.605. The second-order valence-electron chi connectivity index (χ2n) is 5.08. The number of carbonyl (C=O) groups excluding carboxylic acids is 1. The van der Waals surface area contributed by atoms with Crippen LogP contribution in [-0.4, -0.2) is 11.6 Å². The van der Waals surface area contributed by atoms with Gasteiger partial charge in [0.1, 0.15) is 0 Å². The first-order chi connectivity index (χ1) is 11.7. The summed E-state index contributed by atoms with van der Waals surface area (Å²) in [5.41, 5.74) is 5.38. The number of aromatic nitrogens is 1. The van der Waals surface area contributed by atoms with Crippen LogP contribution in [0.3, 0.4) is 0 Å². The van der Waals surface area contributed by atoms with Crippen LogP contribution >= 0.6 is 0 Å². The highest BCUT2D eigenvalue weighted by Gasteiger charge is 2.09. The first-order valence-electron chi connectivity index (χ1n) is 7.42. The number of nitrogens with one attached hydrogen (secondary N) is 1. The molecule has 1 aromatic heterocycles. The van der Waals surface area contributed by atoms with E-state index >= 15 is 0 Å². The normalized spacial score (nSPS) is 10.0. The van der Waals surface area contributed by atoms with Crippen LogP contribution in [-0.2, 0) is 0 Å². The zero-order valence-corrected chi connectivity index (χ0v) is 12.8. The molecule has 0 radical (unpaired) electrons. The van der Waals surface area contributed by atoms with Gasteiger partial charge in [-0.2, -0.15) is 9.83 Å². The lowest BCUT2D eigenvalue weighted by atomic mass is 10.0. The molecule has 1 amide bonds. The minimum absolute atomic E-state index is 0.367. The molecule has 1 N–H and O–H groups in total. The summed E-state index contributed by atoms with van der Waals surface area (Å²) < 4.78 is 0.624. The van der Waals surface area contributed by atoms with Crippen LogP contribution in [0.1, 0.15) is 21.5 Å². The highest BCUT2D eigenvalue weighted by Crippen LogP contribution is 2.10. The molecule has 5 heteroatoms. The maximum atomic E-state index is 12.2. The summed E-state index contributed by atoms with van der Waals surface area (Å²) in [6, 6.07) is 22.1. The molecule has 5 nitrogen and oxygen atoms in total. The first kappa shape index (κ1) is 15.4. The molecule has 0 saturated heterocycles. The summed E-state index contributed by atoms with van der Waals surface area (Å²) in [7, 11) is 0. The van der Waals surface area contributed by atoms with Crippen LogP contribution < -0.4 is 10.2 Å². The summed E-state index contributed by atoms with van der Waals surface area (Å²) in [5, 5.41) is 15.3. The third kappa shape index (κ3) is 3.64. The van der Waals surface area contributed by atoms with E-state index in [4.69, 9.17) is 0 Å². The van der Waals surface area contributed by atoms with Crippen LogP contribution in [0.2, 0.25) is 0 Å². The molecule has 3 aromatic rings. The number of nitrogens with zero attached hydrogens (tertiary/aromatic N) is 2. The molecule has 0 aliphatic carbocycles. The Morgan fingerprint density at radius 3 is 1.79 bits per heavy atom. The van der Waals surface area contributed by atoms with Crippen molar-refractivity contribution in [2.75, 3.05) is 0 Å². The van der Waals surface area contributed by atoms with E-state index in [-0.39, 0.29) is 5.91 Å². The summed E-state index contributed by atoms with van der Waals surface area (Å²) >= 11 is 0. The van der Waals surface area contributed by atoms with E-state index in [1.165, 1.54) is 24.5 Å². The Labute approximate surface area is 139 Å². The number of rotatable bonds is 4. The van der Waals surface area contributed by atoms with E-state index in [0.717, 1.165) is 11.1 Å². The monoisotopic (exact) mass is 317 g/mol. The quantitative estimate of drug-likeness (QED) is 0.348. The molecule has 2 aromatic carbocycles. The fraction of sp³-hybridized carbons (Fsp3) is 0. The van der Waals surface area contributed by atoms with Crippen LogP contribution in [0.5, 0.6) is 0 Å². The van der Waals surface area contributed by atoms with Gasteiger partial charge in [0.05, 0.1) is 11.3 Å². The fourth-order valence-corrected chi connectivity index (χ4v) is 2.22. The van der Waals surface area contributed by atoms with Gasteiger partial charge < -0.3 is 5.21 Å². The van der Waals surface area contributed by atoms with Crippen molar-refractivity contribution >= 4 is 11.6 Å². The van der Waals surface area contributed by atoms with Gasteiger partial charge in [0.2, 0.25) is 0 Å². The molecule has 0 bridgehead atoms. The SMILES string of the molecule is O=C(NN=C(c1ccccc1)c1ccccc1)c1cc[n+]([O-])cc1. The molecular formula is C19H15N3O2. The molecule has 24 heavy (non-hydrogen) atoms. The zero-order chi connectivity index (χ0) is 16.8. The summed E-state index contributed by atoms with van der Waals surface area (Å²) in [5.74, 6) is -0.375. The Morgan fingerprint density at radius 1 is 0.792 bits per heavy atom. The van der Waals surface area contributed by atoms with Gasteiger partial charge >= 0.3 is 0 Å². The summed E-state index contributed by atoms with van der Waals surface area (Å²) in [6.07, 6.45) is 2.54. The van der Waals surface area contributed by atoms with E-state index in [1.54, 1.807) is 0 Å². The van der Waals surface area contributed by atoms with Gasteiger partial charge in [0.25, 0.3) is 5.91 Å². The van der Waals surface area contributed by atoms with Gasteiger partial charge in [-0.05, 0) is 0 Å². The smallest absolute Gasteiger partial charge is 0.271 e. The molecule has 0 unspecified atom stereocenters. The Morgan fingerprint density at radius 2 is 1.29 bits per heavy atom. The Hall–Kier alpha value is -3.47. The average Bonchev–Trinajstić information content (AvgIpc) is 2.64. The molecule has 3 rings (SSSR count). The van der Waals surface area contributed by atoms with Crippen molar-refractivity contribution in [2.24, 2.45) is 5.10 Å². The number of carbonyl (C=O) groups is 1. The number of hydrogen-bond acceptors (Lipinski definition) is 3. The molecule has 0 spiro atoms.